The van der Waals surface area contributed by atoms with Gasteiger partial charge in [0, 0.05) is 29.1 Å². The summed E-state index contributed by atoms with van der Waals surface area (Å²) in [5.74, 6) is -0.607. The van der Waals surface area contributed by atoms with Crippen LogP contribution in [0.5, 0.6) is 0 Å². The molecule has 0 fully saturated rings. The number of carbonyl (C=O) groups excluding carboxylic acids is 3. The molecule has 0 spiro atoms. The summed E-state index contributed by atoms with van der Waals surface area (Å²) in [4.78, 5) is 46.2. The number of aryl methyl sites for hydroxylation is 2. The predicted molar refractivity (Wildman–Crippen MR) is 126 cm³/mol. The third-order valence-electron chi connectivity index (χ3n) is 5.46. The molecule has 3 aromatic rings. The fraction of sp³-hybridized carbons (Fsp3) is 0.250. The molecule has 0 unspecified atom stereocenters. The lowest BCUT2D eigenvalue weighted by Gasteiger charge is -2.14. The quantitative estimate of drug-likeness (QED) is 0.362. The first-order chi connectivity index (χ1) is 15.4. The Bertz CT molecular complexity index is 1170. The smallest absolute Gasteiger partial charge is 0.261 e. The maximum Gasteiger partial charge on any atom is 0.261 e. The number of carbonyl (C=O) groups is 3. The summed E-state index contributed by atoms with van der Waals surface area (Å²) in [6.45, 7) is 2.32. The molecule has 32 heavy (non-hydrogen) atoms. The van der Waals surface area contributed by atoms with Gasteiger partial charge in [0.2, 0.25) is 0 Å². The van der Waals surface area contributed by atoms with Crippen molar-refractivity contribution >= 4 is 45.8 Å². The number of anilines is 1. The van der Waals surface area contributed by atoms with Crippen LogP contribution in [-0.4, -0.2) is 41.2 Å². The number of imide groups is 1. The number of benzene rings is 2. The topological polar surface area (TPSA) is 70.6 Å². The van der Waals surface area contributed by atoms with Crippen molar-refractivity contribution in [3.63, 3.8) is 0 Å². The van der Waals surface area contributed by atoms with Crippen LogP contribution in [0.15, 0.2) is 48.5 Å². The lowest BCUT2D eigenvalue weighted by atomic mass is 10.1. The first-order valence-corrected chi connectivity index (χ1v) is 11.5. The molecule has 164 valence electrons. The van der Waals surface area contributed by atoms with E-state index in [2.05, 4.69) is 4.98 Å². The second-order valence-corrected chi connectivity index (χ2v) is 9.14. The Kier molecular flexibility index (Phi) is 6.39. The van der Waals surface area contributed by atoms with Crippen molar-refractivity contribution in [3.05, 3.63) is 80.8 Å². The maximum absolute atomic E-state index is 12.7. The molecule has 8 heteroatoms. The van der Waals surface area contributed by atoms with Crippen LogP contribution in [0.2, 0.25) is 5.02 Å². The molecule has 6 nitrogen and oxygen atoms in total. The van der Waals surface area contributed by atoms with E-state index in [0.717, 1.165) is 23.4 Å². The Morgan fingerprint density at radius 3 is 2.41 bits per heavy atom. The predicted octanol–water partition coefficient (Wildman–Crippen LogP) is 5.00. The van der Waals surface area contributed by atoms with Crippen LogP contribution in [0.4, 0.5) is 5.13 Å². The molecular weight excluding hydrogens is 446 g/mol. The molecule has 1 aromatic heterocycles. The molecule has 1 aliphatic rings. The van der Waals surface area contributed by atoms with E-state index < -0.39 is 0 Å². The van der Waals surface area contributed by atoms with Crippen molar-refractivity contribution in [3.8, 4) is 0 Å². The minimum atomic E-state index is -0.219. The Labute approximate surface area is 195 Å². The number of amides is 3. The molecule has 2 aromatic carbocycles. The van der Waals surface area contributed by atoms with Gasteiger partial charge in [-0.15, -0.1) is 11.3 Å². The van der Waals surface area contributed by atoms with E-state index in [-0.39, 0.29) is 17.7 Å². The first-order valence-electron chi connectivity index (χ1n) is 10.3. The van der Waals surface area contributed by atoms with Crippen LogP contribution in [0.3, 0.4) is 0 Å². The number of hydrogen-bond acceptors (Lipinski definition) is 5. The van der Waals surface area contributed by atoms with Gasteiger partial charge in [0.25, 0.3) is 17.7 Å². The molecule has 0 bridgehead atoms. The highest BCUT2D eigenvalue weighted by Crippen LogP contribution is 2.28. The highest BCUT2D eigenvalue weighted by atomic mass is 35.5. The number of aromatic nitrogens is 1. The van der Waals surface area contributed by atoms with Crippen molar-refractivity contribution in [1.29, 1.82) is 0 Å². The molecule has 0 aliphatic carbocycles. The Morgan fingerprint density at radius 1 is 1.06 bits per heavy atom. The molecule has 3 amide bonds. The van der Waals surface area contributed by atoms with E-state index >= 15 is 0 Å². The number of hydrogen-bond donors (Lipinski definition) is 0. The van der Waals surface area contributed by atoms with E-state index in [0.29, 0.717) is 39.8 Å². The van der Waals surface area contributed by atoms with Crippen LogP contribution in [0.25, 0.3) is 0 Å². The van der Waals surface area contributed by atoms with Crippen molar-refractivity contribution in [2.45, 2.75) is 26.2 Å². The summed E-state index contributed by atoms with van der Waals surface area (Å²) in [6, 6.07) is 13.8. The number of fused-ring (bicyclic) bond motifs is 1. The minimum Gasteiger partial charge on any atom is -0.287 e. The molecule has 4 rings (SSSR count). The lowest BCUT2D eigenvalue weighted by molar-refractivity contribution is 0.0651. The van der Waals surface area contributed by atoms with E-state index in [4.69, 9.17) is 11.6 Å². The van der Waals surface area contributed by atoms with Gasteiger partial charge in [-0.2, -0.15) is 0 Å². The molecule has 0 saturated heterocycles. The Hall–Kier alpha value is -3.03. The largest absolute Gasteiger partial charge is 0.287 e. The zero-order valence-electron chi connectivity index (χ0n) is 17.8. The Balaban J connectivity index is 1.34. The van der Waals surface area contributed by atoms with Gasteiger partial charge in [0.1, 0.15) is 0 Å². The minimum absolute atomic E-state index is 0.168. The molecular formula is C24H22ClN3O3S. The normalized spacial score (nSPS) is 12.9. The fourth-order valence-electron chi connectivity index (χ4n) is 3.69. The van der Waals surface area contributed by atoms with Crippen molar-refractivity contribution < 1.29 is 14.4 Å². The Morgan fingerprint density at radius 2 is 1.75 bits per heavy atom. The molecule has 0 saturated carbocycles. The average molecular weight is 468 g/mol. The van der Waals surface area contributed by atoms with Gasteiger partial charge in [0.05, 0.1) is 16.8 Å². The van der Waals surface area contributed by atoms with E-state index in [1.165, 1.54) is 21.1 Å². The highest BCUT2D eigenvalue weighted by Gasteiger charge is 2.34. The number of unbranched alkanes of at least 4 members (excludes halogenated alkanes) is 1. The van der Waals surface area contributed by atoms with Gasteiger partial charge in [-0.1, -0.05) is 29.8 Å². The molecule has 0 radical (unpaired) electrons. The fourth-order valence-corrected chi connectivity index (χ4v) is 4.94. The number of halogens is 1. The maximum atomic E-state index is 12.7. The summed E-state index contributed by atoms with van der Waals surface area (Å²) in [6.07, 6.45) is 2.28. The molecule has 1 aliphatic heterocycles. The van der Waals surface area contributed by atoms with Gasteiger partial charge in [-0.3, -0.25) is 24.2 Å². The summed E-state index contributed by atoms with van der Waals surface area (Å²) >= 11 is 7.48. The van der Waals surface area contributed by atoms with Crippen LogP contribution in [-0.2, 0) is 6.42 Å². The third kappa shape index (κ3) is 4.31. The van der Waals surface area contributed by atoms with Crippen LogP contribution < -0.4 is 4.90 Å². The van der Waals surface area contributed by atoms with Gasteiger partial charge in [0.15, 0.2) is 5.13 Å². The zero-order valence-corrected chi connectivity index (χ0v) is 19.4. The van der Waals surface area contributed by atoms with Crippen molar-refractivity contribution in [1.82, 2.24) is 9.88 Å². The molecule has 0 atom stereocenters. The van der Waals surface area contributed by atoms with E-state index in [9.17, 15) is 14.4 Å². The lowest BCUT2D eigenvalue weighted by Crippen LogP contribution is -2.30. The van der Waals surface area contributed by atoms with Crippen LogP contribution in [0, 0.1) is 6.92 Å². The standard InChI is InChI=1S/C24H22ClN3O3S/c1-15-20(32-24(26-15)27(2)21(29)16-8-7-9-17(25)14-16)12-5-6-13-28-22(30)18-10-3-4-11-19(18)23(28)31/h3-4,7-11,14H,5-6,12-13H2,1-2H3. The van der Waals surface area contributed by atoms with E-state index in [1.54, 1.807) is 55.6 Å². The van der Waals surface area contributed by atoms with Gasteiger partial charge in [-0.05, 0) is 56.5 Å². The second kappa shape index (κ2) is 9.22. The number of rotatable bonds is 7. The zero-order chi connectivity index (χ0) is 22.8. The van der Waals surface area contributed by atoms with Gasteiger partial charge in [-0.25, -0.2) is 4.98 Å². The van der Waals surface area contributed by atoms with E-state index in [1.807, 2.05) is 6.92 Å². The second-order valence-electron chi connectivity index (χ2n) is 7.64. The van der Waals surface area contributed by atoms with Gasteiger partial charge >= 0.3 is 0 Å². The van der Waals surface area contributed by atoms with Gasteiger partial charge < -0.3 is 0 Å². The monoisotopic (exact) mass is 467 g/mol. The number of nitrogens with zero attached hydrogens (tertiary/aromatic N) is 3. The summed E-state index contributed by atoms with van der Waals surface area (Å²) in [5, 5.41) is 1.14. The van der Waals surface area contributed by atoms with Crippen LogP contribution in [0.1, 0.15) is 54.5 Å². The van der Waals surface area contributed by atoms with Crippen molar-refractivity contribution in [2.75, 3.05) is 18.5 Å². The molecule has 2 heterocycles. The van der Waals surface area contributed by atoms with Crippen LogP contribution >= 0.6 is 22.9 Å². The number of thiazole rings is 1. The highest BCUT2D eigenvalue weighted by molar-refractivity contribution is 7.15. The average Bonchev–Trinajstić information content (AvgIpc) is 3.28. The van der Waals surface area contributed by atoms with Crippen molar-refractivity contribution in [2.24, 2.45) is 0 Å². The third-order valence-corrected chi connectivity index (χ3v) is 6.99. The summed E-state index contributed by atoms with van der Waals surface area (Å²) in [7, 11) is 1.70. The molecule has 0 N–H and O–H groups in total. The first kappa shape index (κ1) is 22.2. The summed E-state index contributed by atoms with van der Waals surface area (Å²) < 4.78 is 0. The SMILES string of the molecule is Cc1nc(N(C)C(=O)c2cccc(Cl)c2)sc1CCCCN1C(=O)c2ccccc2C1=O. The summed E-state index contributed by atoms with van der Waals surface area (Å²) in [5.41, 5.74) is 2.35.